The normalized spacial score (nSPS) is 17.4. The fourth-order valence-electron chi connectivity index (χ4n) is 3.32. The molecule has 6 heteroatoms. The Bertz CT molecular complexity index is 761. The van der Waals surface area contributed by atoms with E-state index >= 15 is 0 Å². The molecule has 2 aromatic rings. The fraction of sp³-hybridized carbons (Fsp3) is 0.400. The van der Waals surface area contributed by atoms with Crippen LogP contribution in [0, 0.1) is 5.82 Å². The molecule has 5 nitrogen and oxygen atoms in total. The minimum atomic E-state index is -0.271. The maximum Gasteiger partial charge on any atom is 0.191 e. The third kappa shape index (κ3) is 4.31. The predicted octanol–water partition coefficient (Wildman–Crippen LogP) is 2.73. The van der Waals surface area contributed by atoms with Crippen LogP contribution in [0.1, 0.15) is 24.5 Å². The molecule has 1 saturated heterocycles. The molecule has 1 unspecified atom stereocenters. The highest BCUT2D eigenvalue weighted by atomic mass is 19.1. The molecule has 0 bridgehead atoms. The zero-order valence-electron chi connectivity index (χ0n) is 15.4. The first-order valence-electron chi connectivity index (χ1n) is 9.10. The molecule has 1 aromatic carbocycles. The van der Waals surface area contributed by atoms with Crippen molar-refractivity contribution in [1.82, 2.24) is 15.6 Å². The van der Waals surface area contributed by atoms with Gasteiger partial charge in [-0.3, -0.25) is 4.99 Å². The molecule has 1 atom stereocenters. The number of aryl methyl sites for hydroxylation is 1. The van der Waals surface area contributed by atoms with E-state index in [4.69, 9.17) is 0 Å². The number of halogens is 1. The summed E-state index contributed by atoms with van der Waals surface area (Å²) >= 11 is 0. The van der Waals surface area contributed by atoms with Crippen molar-refractivity contribution in [2.24, 2.45) is 4.99 Å². The summed E-state index contributed by atoms with van der Waals surface area (Å²) in [7, 11) is 1.77. The average Bonchev–Trinajstić information content (AvgIpc) is 3.14. The molecule has 2 N–H and O–H groups in total. The molecule has 0 aliphatic carbocycles. The monoisotopic (exact) mass is 355 g/mol. The van der Waals surface area contributed by atoms with Crippen LogP contribution in [-0.4, -0.2) is 37.1 Å². The van der Waals surface area contributed by atoms with Gasteiger partial charge in [-0.05, 0) is 36.1 Å². The minimum Gasteiger partial charge on any atom is -0.352 e. The number of aromatic nitrogens is 1. The van der Waals surface area contributed by atoms with Gasteiger partial charge in [-0.15, -0.1) is 0 Å². The number of rotatable bonds is 5. The number of hydrogen-bond acceptors (Lipinski definition) is 3. The van der Waals surface area contributed by atoms with Gasteiger partial charge in [0, 0.05) is 38.9 Å². The summed E-state index contributed by atoms with van der Waals surface area (Å²) in [4.78, 5) is 10.5. The van der Waals surface area contributed by atoms with Crippen LogP contribution in [0.3, 0.4) is 0 Å². The SMILES string of the molecule is CCc1ccccc1CNC(=NC)NC1CCN(c2ncccc2F)C1. The molecule has 138 valence electrons. The van der Waals surface area contributed by atoms with Crippen LogP contribution < -0.4 is 15.5 Å². The third-order valence-electron chi connectivity index (χ3n) is 4.74. The van der Waals surface area contributed by atoms with Gasteiger partial charge in [0.2, 0.25) is 0 Å². The van der Waals surface area contributed by atoms with Crippen molar-refractivity contribution < 1.29 is 4.39 Å². The van der Waals surface area contributed by atoms with E-state index in [2.05, 4.69) is 51.8 Å². The van der Waals surface area contributed by atoms with Crippen molar-refractivity contribution in [3.8, 4) is 0 Å². The molecule has 0 radical (unpaired) electrons. The molecule has 0 amide bonds. The van der Waals surface area contributed by atoms with Gasteiger partial charge < -0.3 is 15.5 Å². The van der Waals surface area contributed by atoms with E-state index in [0.717, 1.165) is 31.9 Å². The Labute approximate surface area is 154 Å². The van der Waals surface area contributed by atoms with E-state index < -0.39 is 0 Å². The van der Waals surface area contributed by atoms with E-state index in [0.29, 0.717) is 12.4 Å². The van der Waals surface area contributed by atoms with Crippen molar-refractivity contribution >= 4 is 11.8 Å². The maximum absolute atomic E-state index is 13.9. The van der Waals surface area contributed by atoms with Crippen LogP contribution in [0.25, 0.3) is 0 Å². The van der Waals surface area contributed by atoms with E-state index in [1.807, 2.05) is 4.90 Å². The van der Waals surface area contributed by atoms with Gasteiger partial charge in [-0.2, -0.15) is 0 Å². The summed E-state index contributed by atoms with van der Waals surface area (Å²) in [6, 6.07) is 11.7. The van der Waals surface area contributed by atoms with E-state index in [9.17, 15) is 4.39 Å². The molecular formula is C20H26FN5. The largest absolute Gasteiger partial charge is 0.352 e. The lowest BCUT2D eigenvalue weighted by molar-refractivity contribution is 0.612. The smallest absolute Gasteiger partial charge is 0.191 e. The van der Waals surface area contributed by atoms with Crippen molar-refractivity contribution in [3.05, 3.63) is 59.5 Å². The molecule has 2 heterocycles. The molecule has 26 heavy (non-hydrogen) atoms. The third-order valence-corrected chi connectivity index (χ3v) is 4.74. The summed E-state index contributed by atoms with van der Waals surface area (Å²) in [6.45, 7) is 4.38. The number of nitrogens with zero attached hydrogens (tertiary/aromatic N) is 3. The van der Waals surface area contributed by atoms with Crippen molar-refractivity contribution in [2.75, 3.05) is 25.0 Å². The Morgan fingerprint density at radius 2 is 2.08 bits per heavy atom. The number of nitrogens with one attached hydrogen (secondary N) is 2. The van der Waals surface area contributed by atoms with Crippen LogP contribution in [0.5, 0.6) is 0 Å². The highest BCUT2D eigenvalue weighted by Gasteiger charge is 2.25. The molecule has 3 rings (SSSR count). The first kappa shape index (κ1) is 18.2. The average molecular weight is 355 g/mol. The van der Waals surface area contributed by atoms with Crippen LogP contribution in [-0.2, 0) is 13.0 Å². The van der Waals surface area contributed by atoms with Gasteiger partial charge in [-0.1, -0.05) is 31.2 Å². The lowest BCUT2D eigenvalue weighted by Crippen LogP contribution is -2.44. The molecule has 1 fully saturated rings. The zero-order valence-corrected chi connectivity index (χ0v) is 15.4. The lowest BCUT2D eigenvalue weighted by Gasteiger charge is -2.20. The second kappa shape index (κ2) is 8.65. The van der Waals surface area contributed by atoms with Gasteiger partial charge in [0.15, 0.2) is 17.6 Å². The fourth-order valence-corrected chi connectivity index (χ4v) is 3.32. The zero-order chi connectivity index (χ0) is 18.4. The maximum atomic E-state index is 13.9. The Morgan fingerprint density at radius 3 is 2.81 bits per heavy atom. The van der Waals surface area contributed by atoms with Gasteiger partial charge in [-0.25, -0.2) is 9.37 Å². The summed E-state index contributed by atoms with van der Waals surface area (Å²) < 4.78 is 13.9. The summed E-state index contributed by atoms with van der Waals surface area (Å²) in [5.41, 5.74) is 2.62. The Morgan fingerprint density at radius 1 is 1.27 bits per heavy atom. The second-order valence-electron chi connectivity index (χ2n) is 6.43. The van der Waals surface area contributed by atoms with Crippen LogP contribution in [0.15, 0.2) is 47.6 Å². The molecule has 1 aliphatic heterocycles. The van der Waals surface area contributed by atoms with Crippen LogP contribution in [0.4, 0.5) is 10.2 Å². The van der Waals surface area contributed by atoms with Crippen LogP contribution >= 0.6 is 0 Å². The Balaban J connectivity index is 1.55. The second-order valence-corrected chi connectivity index (χ2v) is 6.43. The molecule has 0 spiro atoms. The van der Waals surface area contributed by atoms with Crippen molar-refractivity contribution in [2.45, 2.75) is 32.4 Å². The first-order valence-corrected chi connectivity index (χ1v) is 9.10. The number of anilines is 1. The lowest BCUT2D eigenvalue weighted by atomic mass is 10.1. The standard InChI is InChI=1S/C20H26FN5/c1-3-15-7-4-5-8-16(15)13-24-20(22-2)25-17-10-12-26(14-17)19-18(21)9-6-11-23-19/h4-9,11,17H,3,10,12-14H2,1-2H3,(H2,22,24,25). The predicted molar refractivity (Wildman–Crippen MR) is 104 cm³/mol. The van der Waals surface area contributed by atoms with Gasteiger partial charge in [0.05, 0.1) is 0 Å². The van der Waals surface area contributed by atoms with Gasteiger partial charge in [0.1, 0.15) is 0 Å². The van der Waals surface area contributed by atoms with Crippen molar-refractivity contribution in [1.29, 1.82) is 0 Å². The molecule has 1 aliphatic rings. The highest BCUT2D eigenvalue weighted by Crippen LogP contribution is 2.20. The van der Waals surface area contributed by atoms with E-state index in [-0.39, 0.29) is 11.9 Å². The van der Waals surface area contributed by atoms with Gasteiger partial charge >= 0.3 is 0 Å². The van der Waals surface area contributed by atoms with Gasteiger partial charge in [0.25, 0.3) is 0 Å². The Hall–Kier alpha value is -2.63. The number of benzene rings is 1. The van der Waals surface area contributed by atoms with E-state index in [1.54, 1.807) is 19.3 Å². The number of pyridine rings is 1. The Kier molecular flexibility index (Phi) is 6.04. The number of aliphatic imine (C=N–C) groups is 1. The minimum absolute atomic E-state index is 0.212. The molecular weight excluding hydrogens is 329 g/mol. The number of hydrogen-bond donors (Lipinski definition) is 2. The summed E-state index contributed by atoms with van der Waals surface area (Å²) in [5.74, 6) is 0.924. The number of guanidine groups is 1. The summed E-state index contributed by atoms with van der Waals surface area (Å²) in [6.07, 6.45) is 3.56. The summed E-state index contributed by atoms with van der Waals surface area (Å²) in [5, 5.41) is 6.82. The molecule has 0 saturated carbocycles. The topological polar surface area (TPSA) is 52.6 Å². The first-order chi connectivity index (χ1) is 12.7. The van der Waals surface area contributed by atoms with Crippen LogP contribution in [0.2, 0.25) is 0 Å². The highest BCUT2D eigenvalue weighted by molar-refractivity contribution is 5.80. The molecule has 1 aromatic heterocycles. The van der Waals surface area contributed by atoms with E-state index in [1.165, 1.54) is 17.2 Å². The quantitative estimate of drug-likeness (QED) is 0.640. The van der Waals surface area contributed by atoms with Crippen molar-refractivity contribution in [3.63, 3.8) is 0 Å².